The summed E-state index contributed by atoms with van der Waals surface area (Å²) in [6, 6.07) is 6.46. The molecular weight excluding hydrogens is 306 g/mol. The van der Waals surface area contributed by atoms with Crippen LogP contribution < -0.4 is 5.32 Å². The van der Waals surface area contributed by atoms with Crippen LogP contribution in [-0.2, 0) is 16.1 Å². The summed E-state index contributed by atoms with van der Waals surface area (Å²) >= 11 is 6.01. The highest BCUT2D eigenvalue weighted by Crippen LogP contribution is 2.26. The molecule has 1 N–H and O–H groups in total. The molecule has 2 aliphatic heterocycles. The first-order valence-electron chi connectivity index (χ1n) is 7.20. The smallest absolute Gasteiger partial charge is 0.327 e. The van der Waals surface area contributed by atoms with Crippen LogP contribution in [0.3, 0.4) is 0 Å². The maximum Gasteiger partial charge on any atom is 0.327 e. The van der Waals surface area contributed by atoms with E-state index in [0.29, 0.717) is 18.0 Å². The average molecular weight is 322 g/mol. The van der Waals surface area contributed by atoms with E-state index in [1.807, 2.05) is 18.2 Å². The fourth-order valence-electron chi connectivity index (χ4n) is 2.86. The Bertz CT molecular complexity index is 612. The third-order valence-electron chi connectivity index (χ3n) is 4.02. The third-order valence-corrected chi connectivity index (χ3v) is 4.38. The van der Waals surface area contributed by atoms with Crippen molar-refractivity contribution in [2.45, 2.75) is 25.4 Å². The number of imide groups is 1. The van der Waals surface area contributed by atoms with E-state index < -0.39 is 0 Å². The maximum atomic E-state index is 12.1. The molecule has 0 spiro atoms. The molecule has 0 aliphatic carbocycles. The highest BCUT2D eigenvalue weighted by molar-refractivity contribution is 6.31. The second-order valence-corrected chi connectivity index (χ2v) is 5.83. The first-order chi connectivity index (χ1) is 10.6. The number of urea groups is 1. The molecule has 0 saturated carbocycles. The molecule has 1 aromatic rings. The van der Waals surface area contributed by atoms with Crippen LogP contribution >= 0.6 is 11.6 Å². The van der Waals surface area contributed by atoms with E-state index in [0.717, 1.165) is 16.9 Å². The van der Waals surface area contributed by atoms with Crippen LogP contribution in [0.25, 0.3) is 0 Å². The third kappa shape index (κ3) is 2.66. The summed E-state index contributed by atoms with van der Waals surface area (Å²) in [7, 11) is 0. The maximum absolute atomic E-state index is 12.1. The Kier molecular flexibility index (Phi) is 4.02. The molecule has 2 fully saturated rings. The standard InChI is InChI=1S/C15H16ClN3O3/c16-11-5-2-1-4-10(11)8-17-13(20)9-19-14(21)12-6-3-7-18(12)15(19)22/h1-2,4-5,12H,3,6-9H2,(H,17,20). The van der Waals surface area contributed by atoms with Crippen molar-refractivity contribution < 1.29 is 14.4 Å². The summed E-state index contributed by atoms with van der Waals surface area (Å²) < 4.78 is 0. The topological polar surface area (TPSA) is 69.7 Å². The Morgan fingerprint density at radius 2 is 2.09 bits per heavy atom. The number of nitrogens with zero attached hydrogens (tertiary/aromatic N) is 2. The molecule has 1 aromatic carbocycles. The minimum absolute atomic E-state index is 0.241. The van der Waals surface area contributed by atoms with Gasteiger partial charge in [0.25, 0.3) is 5.91 Å². The predicted molar refractivity (Wildman–Crippen MR) is 80.1 cm³/mol. The lowest BCUT2D eigenvalue weighted by molar-refractivity contribution is -0.132. The molecule has 2 heterocycles. The molecule has 6 nitrogen and oxygen atoms in total. The fourth-order valence-corrected chi connectivity index (χ4v) is 3.06. The Hall–Kier alpha value is -2.08. The zero-order valence-electron chi connectivity index (χ0n) is 11.9. The van der Waals surface area contributed by atoms with Crippen LogP contribution in [0.2, 0.25) is 5.02 Å². The number of hydrogen-bond donors (Lipinski definition) is 1. The fraction of sp³-hybridized carbons (Fsp3) is 0.400. The van der Waals surface area contributed by atoms with Crippen LogP contribution in [0.15, 0.2) is 24.3 Å². The summed E-state index contributed by atoms with van der Waals surface area (Å²) in [4.78, 5) is 38.8. The number of nitrogens with one attached hydrogen (secondary N) is 1. The van der Waals surface area contributed by atoms with Gasteiger partial charge in [0, 0.05) is 18.1 Å². The van der Waals surface area contributed by atoms with Crippen molar-refractivity contribution in [2.75, 3.05) is 13.1 Å². The molecule has 1 atom stereocenters. The molecule has 4 amide bonds. The van der Waals surface area contributed by atoms with Gasteiger partial charge >= 0.3 is 6.03 Å². The monoisotopic (exact) mass is 321 g/mol. The SMILES string of the molecule is O=C(CN1C(=O)C2CCCN2C1=O)NCc1ccccc1Cl. The van der Waals surface area contributed by atoms with Gasteiger partial charge in [0.15, 0.2) is 0 Å². The summed E-state index contributed by atoms with van der Waals surface area (Å²) in [5, 5.41) is 3.25. The molecule has 0 aromatic heterocycles. The van der Waals surface area contributed by atoms with Gasteiger partial charge in [-0.05, 0) is 24.5 Å². The van der Waals surface area contributed by atoms with Gasteiger partial charge in [-0.2, -0.15) is 0 Å². The zero-order valence-corrected chi connectivity index (χ0v) is 12.7. The molecule has 0 bridgehead atoms. The lowest BCUT2D eigenvalue weighted by Gasteiger charge is -2.15. The summed E-state index contributed by atoms with van der Waals surface area (Å²) in [6.45, 7) is 0.615. The van der Waals surface area contributed by atoms with Crippen molar-refractivity contribution in [2.24, 2.45) is 0 Å². The molecule has 1 unspecified atom stereocenters. The zero-order chi connectivity index (χ0) is 15.7. The normalized spacial score (nSPS) is 20.5. The molecule has 2 saturated heterocycles. The van der Waals surface area contributed by atoms with Gasteiger partial charge in [-0.15, -0.1) is 0 Å². The first kappa shape index (κ1) is 14.8. The van der Waals surface area contributed by atoms with E-state index >= 15 is 0 Å². The lowest BCUT2D eigenvalue weighted by Crippen LogP contribution is -2.41. The van der Waals surface area contributed by atoms with Crippen LogP contribution in [0.4, 0.5) is 4.79 Å². The number of carbonyl (C=O) groups is 3. The molecule has 3 rings (SSSR count). The van der Waals surface area contributed by atoms with Crippen molar-refractivity contribution in [1.82, 2.24) is 15.1 Å². The van der Waals surface area contributed by atoms with Crippen LogP contribution in [0, 0.1) is 0 Å². The van der Waals surface area contributed by atoms with Gasteiger partial charge in [-0.1, -0.05) is 29.8 Å². The van der Waals surface area contributed by atoms with E-state index in [1.165, 1.54) is 0 Å². The number of halogens is 1. The molecule has 2 aliphatic rings. The molecule has 22 heavy (non-hydrogen) atoms. The molecule has 116 valence electrons. The number of amides is 4. The minimum Gasteiger partial charge on any atom is -0.350 e. The number of fused-ring (bicyclic) bond motifs is 1. The highest BCUT2D eigenvalue weighted by atomic mass is 35.5. The average Bonchev–Trinajstić information content (AvgIpc) is 3.06. The van der Waals surface area contributed by atoms with Gasteiger partial charge in [0.1, 0.15) is 12.6 Å². The Morgan fingerprint density at radius 3 is 2.82 bits per heavy atom. The van der Waals surface area contributed by atoms with Gasteiger partial charge in [0.05, 0.1) is 0 Å². The Labute approximate surface area is 133 Å². The molecular formula is C15H16ClN3O3. The summed E-state index contributed by atoms with van der Waals surface area (Å²) in [5.41, 5.74) is 0.789. The Morgan fingerprint density at radius 1 is 1.32 bits per heavy atom. The van der Waals surface area contributed by atoms with E-state index in [2.05, 4.69) is 5.32 Å². The van der Waals surface area contributed by atoms with Crippen LogP contribution in [-0.4, -0.2) is 46.8 Å². The van der Waals surface area contributed by atoms with Crippen molar-refractivity contribution in [3.63, 3.8) is 0 Å². The van der Waals surface area contributed by atoms with Gasteiger partial charge in [-0.25, -0.2) is 4.79 Å². The Balaban J connectivity index is 1.57. The number of rotatable bonds is 4. The second kappa shape index (κ2) is 5.96. The number of carbonyl (C=O) groups excluding carboxylic acids is 3. The van der Waals surface area contributed by atoms with Gasteiger partial charge in [0.2, 0.25) is 5.91 Å². The lowest BCUT2D eigenvalue weighted by atomic mass is 10.2. The van der Waals surface area contributed by atoms with Crippen LogP contribution in [0.5, 0.6) is 0 Å². The van der Waals surface area contributed by atoms with Crippen molar-refractivity contribution in [3.8, 4) is 0 Å². The van der Waals surface area contributed by atoms with Crippen molar-refractivity contribution in [3.05, 3.63) is 34.9 Å². The predicted octanol–water partition coefficient (Wildman–Crippen LogP) is 1.38. The largest absolute Gasteiger partial charge is 0.350 e. The van der Waals surface area contributed by atoms with E-state index in [9.17, 15) is 14.4 Å². The van der Waals surface area contributed by atoms with Crippen LogP contribution in [0.1, 0.15) is 18.4 Å². The van der Waals surface area contributed by atoms with Crippen molar-refractivity contribution in [1.29, 1.82) is 0 Å². The summed E-state index contributed by atoms with van der Waals surface area (Å²) in [5.74, 6) is -0.641. The summed E-state index contributed by atoms with van der Waals surface area (Å²) in [6.07, 6.45) is 1.52. The quantitative estimate of drug-likeness (QED) is 0.852. The molecule has 0 radical (unpaired) electrons. The minimum atomic E-state index is -0.372. The first-order valence-corrected chi connectivity index (χ1v) is 7.58. The number of hydrogen-bond acceptors (Lipinski definition) is 3. The van der Waals surface area contributed by atoms with Gasteiger partial charge < -0.3 is 10.2 Å². The van der Waals surface area contributed by atoms with E-state index in [1.54, 1.807) is 11.0 Å². The van der Waals surface area contributed by atoms with E-state index in [-0.39, 0.29) is 37.0 Å². The van der Waals surface area contributed by atoms with E-state index in [4.69, 9.17) is 11.6 Å². The van der Waals surface area contributed by atoms with Gasteiger partial charge in [-0.3, -0.25) is 14.5 Å². The molecule has 7 heteroatoms. The number of benzene rings is 1. The highest BCUT2D eigenvalue weighted by Gasteiger charge is 2.47. The van der Waals surface area contributed by atoms with Crippen molar-refractivity contribution >= 4 is 29.4 Å². The second-order valence-electron chi connectivity index (χ2n) is 5.43.